The fraction of sp³-hybridized carbons (Fsp3) is 0. The summed E-state index contributed by atoms with van der Waals surface area (Å²) in [4.78, 5) is 16.5. The third-order valence-corrected chi connectivity index (χ3v) is 16.1. The minimum Gasteiger partial charge on any atom is -0.308 e. The van der Waals surface area contributed by atoms with Crippen molar-refractivity contribution in [1.82, 2.24) is 24.1 Å². The summed E-state index contributed by atoms with van der Waals surface area (Å²) >= 11 is 0. The van der Waals surface area contributed by atoms with Gasteiger partial charge in [-0.05, 0) is 147 Å². The minimum atomic E-state index is 0.403. The van der Waals surface area contributed by atoms with Crippen molar-refractivity contribution in [3.8, 4) is 113 Å². The summed E-state index contributed by atoms with van der Waals surface area (Å²) in [6, 6.07) is 104. The molecule has 3 heterocycles. The van der Waals surface area contributed by atoms with Gasteiger partial charge in [0, 0.05) is 38.2 Å². The second-order valence-corrected chi connectivity index (χ2v) is 21.0. The molecule has 7 nitrogen and oxygen atoms in total. The lowest BCUT2D eigenvalue weighted by Gasteiger charge is -2.18. The lowest BCUT2D eigenvalue weighted by atomic mass is 9.99. The van der Waals surface area contributed by atoms with Gasteiger partial charge in [0.25, 0.3) is 0 Å². The number of rotatable bonds is 10. The monoisotopic (exact) mass is 1070 g/mol. The van der Waals surface area contributed by atoms with Crippen LogP contribution >= 0.6 is 0 Å². The Bertz CT molecular complexity index is 4920. The van der Waals surface area contributed by atoms with Gasteiger partial charge in [-0.15, -0.1) is 0 Å². The zero-order chi connectivity index (χ0) is 56.1. The Balaban J connectivity index is 1.00. The highest BCUT2D eigenvalue weighted by atomic mass is 15.1. The summed E-state index contributed by atoms with van der Waals surface area (Å²) in [6.45, 7) is 0. The van der Waals surface area contributed by atoms with E-state index in [9.17, 15) is 10.5 Å². The van der Waals surface area contributed by atoms with E-state index < -0.39 is 0 Å². The van der Waals surface area contributed by atoms with E-state index >= 15 is 0 Å². The first-order valence-electron chi connectivity index (χ1n) is 27.9. The fourth-order valence-corrected chi connectivity index (χ4v) is 11.9. The Hall–Kier alpha value is -11.8. The molecule has 0 atom stereocenters. The standard InChI is InChI=1S/C77H47N7/c78-48-50-26-29-56(30-27-50)62-35-41-74(84-71-39-33-60(54-20-10-3-11-21-54)45-65(71)66-46-61(34-40-72(66)84)55-22-12-4-13-23-55)68(47-62)77-81-75(57-24-14-5-15-25-57)80-76(82-77)67-42-51(49-79)28-36-73(67)83-69-37-31-58(52-16-6-1-7-17-52)43-63(69)64-44-59(32-38-70(64)83)53-18-8-2-9-19-53/h1-47H. The molecule has 84 heavy (non-hydrogen) atoms. The van der Waals surface area contributed by atoms with Crippen LogP contribution in [0.15, 0.2) is 285 Å². The highest BCUT2D eigenvalue weighted by Crippen LogP contribution is 2.43. The highest BCUT2D eigenvalue weighted by molar-refractivity contribution is 6.13. The van der Waals surface area contributed by atoms with Gasteiger partial charge in [-0.2, -0.15) is 10.5 Å². The second-order valence-electron chi connectivity index (χ2n) is 21.0. The van der Waals surface area contributed by atoms with Gasteiger partial charge in [-0.1, -0.05) is 194 Å². The lowest BCUT2D eigenvalue weighted by Crippen LogP contribution is -2.06. The first-order chi connectivity index (χ1) is 41.5. The average molecular weight is 1070 g/mol. The molecular formula is C77H47N7. The van der Waals surface area contributed by atoms with Crippen LogP contribution in [0.3, 0.4) is 0 Å². The molecule has 390 valence electrons. The van der Waals surface area contributed by atoms with E-state index in [0.29, 0.717) is 34.2 Å². The molecule has 0 unspecified atom stereocenters. The molecule has 0 radical (unpaired) electrons. The van der Waals surface area contributed by atoms with Gasteiger partial charge in [-0.25, -0.2) is 15.0 Å². The summed E-state index contributed by atoms with van der Waals surface area (Å²) in [5.74, 6) is 1.32. The first-order valence-corrected chi connectivity index (χ1v) is 27.9. The molecule has 0 aliphatic heterocycles. The van der Waals surface area contributed by atoms with E-state index in [4.69, 9.17) is 15.0 Å². The van der Waals surface area contributed by atoms with Crippen molar-refractivity contribution in [3.63, 3.8) is 0 Å². The molecule has 0 bridgehead atoms. The van der Waals surface area contributed by atoms with E-state index in [1.807, 2.05) is 97.1 Å². The summed E-state index contributed by atoms with van der Waals surface area (Å²) in [7, 11) is 0. The molecule has 0 fully saturated rings. The Morgan fingerprint density at radius 3 is 0.905 bits per heavy atom. The van der Waals surface area contributed by atoms with Crippen LogP contribution in [0.5, 0.6) is 0 Å². The van der Waals surface area contributed by atoms with Crippen LogP contribution in [-0.2, 0) is 0 Å². The number of hydrogen-bond donors (Lipinski definition) is 0. The van der Waals surface area contributed by atoms with Crippen molar-refractivity contribution in [2.24, 2.45) is 0 Å². The van der Waals surface area contributed by atoms with E-state index in [-0.39, 0.29) is 0 Å². The van der Waals surface area contributed by atoms with Gasteiger partial charge in [0.15, 0.2) is 17.5 Å². The van der Waals surface area contributed by atoms with Crippen LogP contribution in [-0.4, -0.2) is 24.1 Å². The summed E-state index contributed by atoms with van der Waals surface area (Å²) < 4.78 is 4.63. The molecule has 0 amide bonds. The SMILES string of the molecule is N#Cc1ccc(-c2ccc(-n3c4ccc(-c5ccccc5)cc4c4cc(-c5ccccc5)ccc43)c(-c3nc(-c4ccccc4)nc(-c4cc(C#N)ccc4-n4c5ccc(-c6ccccc6)cc5c5cc(-c6ccccc6)ccc54)n3)c2)cc1. The fourth-order valence-electron chi connectivity index (χ4n) is 11.9. The van der Waals surface area contributed by atoms with Crippen LogP contribution in [0.1, 0.15) is 11.1 Å². The van der Waals surface area contributed by atoms with Gasteiger partial charge in [0.2, 0.25) is 0 Å². The number of benzene rings is 12. The molecular weight excluding hydrogens is 1020 g/mol. The quantitative estimate of drug-likeness (QED) is 0.136. The predicted molar refractivity (Wildman–Crippen MR) is 341 cm³/mol. The lowest BCUT2D eigenvalue weighted by molar-refractivity contribution is 1.06. The zero-order valence-corrected chi connectivity index (χ0v) is 45.3. The number of fused-ring (bicyclic) bond motifs is 6. The van der Waals surface area contributed by atoms with E-state index in [1.165, 1.54) is 0 Å². The molecule has 0 saturated carbocycles. The van der Waals surface area contributed by atoms with Gasteiger partial charge >= 0.3 is 0 Å². The maximum atomic E-state index is 10.7. The van der Waals surface area contributed by atoms with E-state index in [1.54, 1.807) is 0 Å². The first kappa shape index (κ1) is 49.3. The maximum Gasteiger partial charge on any atom is 0.166 e. The van der Waals surface area contributed by atoms with Gasteiger partial charge in [0.1, 0.15) is 0 Å². The summed E-state index contributed by atoms with van der Waals surface area (Å²) in [5, 5.41) is 25.0. The van der Waals surface area contributed by atoms with Gasteiger partial charge in [-0.3, -0.25) is 0 Å². The van der Waals surface area contributed by atoms with Crippen LogP contribution in [0.4, 0.5) is 0 Å². The summed E-state index contributed by atoms with van der Waals surface area (Å²) in [6.07, 6.45) is 0. The van der Waals surface area contributed by atoms with Crippen molar-refractivity contribution < 1.29 is 0 Å². The highest BCUT2D eigenvalue weighted by Gasteiger charge is 2.25. The molecule has 12 aromatic carbocycles. The van der Waals surface area contributed by atoms with Crippen molar-refractivity contribution in [1.29, 1.82) is 10.5 Å². The topological polar surface area (TPSA) is 96.1 Å². The van der Waals surface area contributed by atoms with Crippen LogP contribution < -0.4 is 0 Å². The van der Waals surface area contributed by atoms with Crippen LogP contribution in [0.25, 0.3) is 145 Å². The molecule has 0 aliphatic carbocycles. The van der Waals surface area contributed by atoms with Crippen LogP contribution in [0.2, 0.25) is 0 Å². The Morgan fingerprint density at radius 2 is 0.524 bits per heavy atom. The van der Waals surface area contributed by atoms with Crippen molar-refractivity contribution in [2.75, 3.05) is 0 Å². The number of nitrogens with zero attached hydrogens (tertiary/aromatic N) is 7. The van der Waals surface area contributed by atoms with Crippen LogP contribution in [0, 0.1) is 22.7 Å². The maximum absolute atomic E-state index is 10.7. The third-order valence-electron chi connectivity index (χ3n) is 16.1. The minimum absolute atomic E-state index is 0.403. The smallest absolute Gasteiger partial charge is 0.166 e. The number of aromatic nitrogens is 5. The van der Waals surface area contributed by atoms with Gasteiger partial charge in [0.05, 0.1) is 56.7 Å². The molecule has 0 spiro atoms. The number of hydrogen-bond acceptors (Lipinski definition) is 5. The molecule has 15 rings (SSSR count). The van der Waals surface area contributed by atoms with E-state index in [2.05, 4.69) is 209 Å². The van der Waals surface area contributed by atoms with Crippen molar-refractivity contribution in [2.45, 2.75) is 0 Å². The third kappa shape index (κ3) is 8.74. The molecule has 3 aromatic heterocycles. The molecule has 15 aromatic rings. The Kier molecular flexibility index (Phi) is 12.2. The van der Waals surface area contributed by atoms with Crippen molar-refractivity contribution in [3.05, 3.63) is 296 Å². The second kappa shape index (κ2) is 20.7. The number of nitriles is 2. The molecule has 7 heteroatoms. The Morgan fingerprint density at radius 1 is 0.238 bits per heavy atom. The molecule has 0 N–H and O–H groups in total. The largest absolute Gasteiger partial charge is 0.308 e. The van der Waals surface area contributed by atoms with Crippen molar-refractivity contribution >= 4 is 43.6 Å². The average Bonchev–Trinajstić information content (AvgIpc) is 1.93. The normalized spacial score (nSPS) is 11.3. The predicted octanol–water partition coefficient (Wildman–Crippen LogP) is 19.1. The molecule has 0 aliphatic rings. The zero-order valence-electron chi connectivity index (χ0n) is 45.3. The van der Waals surface area contributed by atoms with E-state index in [0.717, 1.165) is 122 Å². The molecule has 0 saturated heterocycles. The Labute approximate surface area is 485 Å². The summed E-state index contributed by atoms with van der Waals surface area (Å²) in [5.41, 5.74) is 19.8. The van der Waals surface area contributed by atoms with Gasteiger partial charge < -0.3 is 9.13 Å².